The van der Waals surface area contributed by atoms with E-state index in [-0.39, 0.29) is 17.2 Å². The molecule has 3 rings (SSSR count). The monoisotopic (exact) mass is 463 g/mol. The predicted octanol–water partition coefficient (Wildman–Crippen LogP) is 6.60. The Balaban J connectivity index is 2.16. The molecule has 1 aliphatic carbocycles. The smallest absolute Gasteiger partial charge is 0.304 e. The van der Waals surface area contributed by atoms with Crippen molar-refractivity contribution in [1.82, 2.24) is 4.57 Å². The van der Waals surface area contributed by atoms with Crippen LogP contribution in [0.3, 0.4) is 0 Å². The fraction of sp³-hybridized carbons (Fsp3) is 0.435. The zero-order valence-electron chi connectivity index (χ0n) is 16.5. The highest BCUT2D eigenvalue weighted by atomic mass is 79.9. The number of alkyl halides is 1. The van der Waals surface area contributed by atoms with Crippen LogP contribution in [0.5, 0.6) is 0 Å². The molecule has 0 spiro atoms. The third kappa shape index (κ3) is 4.08. The molecular formula is C23H27BrClNO2. The summed E-state index contributed by atoms with van der Waals surface area (Å²) in [6.07, 6.45) is 7.70. The fourth-order valence-electron chi connectivity index (χ4n) is 4.54. The van der Waals surface area contributed by atoms with E-state index in [1.807, 2.05) is 0 Å². The molecular weight excluding hydrogens is 438 g/mol. The Morgan fingerprint density at radius 3 is 2.93 bits per heavy atom. The van der Waals surface area contributed by atoms with Gasteiger partial charge >= 0.3 is 5.97 Å². The SMILES string of the molecule is C=CC(Cl)C/C=C(\C)Cn1c2c(c3cccc(Br)c31)CCCC2(C)CC(=O)O. The van der Waals surface area contributed by atoms with Gasteiger partial charge in [-0.3, -0.25) is 4.79 Å². The predicted molar refractivity (Wildman–Crippen MR) is 120 cm³/mol. The average Bonchev–Trinajstić information content (AvgIpc) is 2.95. The van der Waals surface area contributed by atoms with Crippen molar-refractivity contribution in [2.24, 2.45) is 0 Å². The first-order valence-corrected chi connectivity index (χ1v) is 10.9. The van der Waals surface area contributed by atoms with Crippen molar-refractivity contribution in [3.05, 3.63) is 58.2 Å². The van der Waals surface area contributed by atoms with Gasteiger partial charge in [0.1, 0.15) is 0 Å². The van der Waals surface area contributed by atoms with Crippen molar-refractivity contribution in [3.63, 3.8) is 0 Å². The number of carbonyl (C=O) groups is 1. The number of carboxylic acids is 1. The second-order valence-electron chi connectivity index (χ2n) is 8.07. The number of hydrogen-bond acceptors (Lipinski definition) is 1. The van der Waals surface area contributed by atoms with E-state index in [2.05, 4.69) is 65.2 Å². The summed E-state index contributed by atoms with van der Waals surface area (Å²) < 4.78 is 3.38. The van der Waals surface area contributed by atoms with Crippen LogP contribution in [-0.2, 0) is 23.2 Å². The molecule has 0 aliphatic heterocycles. The van der Waals surface area contributed by atoms with Gasteiger partial charge in [0.25, 0.3) is 0 Å². The normalized spacial score (nSPS) is 20.8. The summed E-state index contributed by atoms with van der Waals surface area (Å²) in [6, 6.07) is 6.28. The topological polar surface area (TPSA) is 42.2 Å². The standard InChI is InChI=1S/C23H27BrClNO2/c1-4-16(25)11-10-15(2)14-26-21-17(7-5-9-19(21)24)18-8-6-12-23(3,22(18)26)13-20(27)28/h4-5,7,9-10,16H,1,6,8,11-14H2,2-3H3,(H,27,28)/b15-10+. The van der Waals surface area contributed by atoms with Crippen LogP contribution in [0.4, 0.5) is 0 Å². The molecule has 0 radical (unpaired) electrons. The number of para-hydroxylation sites is 1. The third-order valence-corrected chi connectivity index (χ3v) is 6.76. The summed E-state index contributed by atoms with van der Waals surface area (Å²) in [5, 5.41) is 10.7. The van der Waals surface area contributed by atoms with Crippen molar-refractivity contribution in [2.45, 2.75) is 63.3 Å². The molecule has 0 saturated heterocycles. The van der Waals surface area contributed by atoms with Crippen molar-refractivity contribution >= 4 is 44.4 Å². The minimum Gasteiger partial charge on any atom is -0.481 e. The minimum absolute atomic E-state index is 0.0747. The lowest BCUT2D eigenvalue weighted by molar-refractivity contribution is -0.138. The van der Waals surface area contributed by atoms with Gasteiger partial charge in [-0.2, -0.15) is 0 Å². The van der Waals surface area contributed by atoms with E-state index >= 15 is 0 Å². The van der Waals surface area contributed by atoms with E-state index < -0.39 is 5.97 Å². The summed E-state index contributed by atoms with van der Waals surface area (Å²) in [5.41, 5.74) is 4.49. The number of allylic oxidation sites excluding steroid dienone is 3. The van der Waals surface area contributed by atoms with Crippen LogP contribution in [0.25, 0.3) is 10.9 Å². The van der Waals surface area contributed by atoms with E-state index in [1.54, 1.807) is 6.08 Å². The van der Waals surface area contributed by atoms with Crippen LogP contribution in [0.15, 0.2) is 47.0 Å². The number of fused-ring (bicyclic) bond motifs is 3. The number of aromatic nitrogens is 1. The molecule has 3 nitrogen and oxygen atoms in total. The molecule has 28 heavy (non-hydrogen) atoms. The summed E-state index contributed by atoms with van der Waals surface area (Å²) in [4.78, 5) is 11.7. The van der Waals surface area contributed by atoms with Crippen molar-refractivity contribution in [2.75, 3.05) is 0 Å². The second-order valence-corrected chi connectivity index (χ2v) is 9.49. The maximum absolute atomic E-state index is 11.7. The Bertz CT molecular complexity index is 946. The number of aliphatic carboxylic acids is 1. The average molecular weight is 465 g/mol. The van der Waals surface area contributed by atoms with E-state index in [0.29, 0.717) is 0 Å². The van der Waals surface area contributed by atoms with Gasteiger partial charge in [0.2, 0.25) is 0 Å². The maximum Gasteiger partial charge on any atom is 0.304 e. The van der Waals surface area contributed by atoms with Crippen LogP contribution >= 0.6 is 27.5 Å². The summed E-state index contributed by atoms with van der Waals surface area (Å²) >= 11 is 9.92. The van der Waals surface area contributed by atoms with Gasteiger partial charge in [0.05, 0.1) is 17.3 Å². The Labute approximate surface area is 180 Å². The Morgan fingerprint density at radius 1 is 1.50 bits per heavy atom. The first kappa shape index (κ1) is 21.2. The van der Waals surface area contributed by atoms with Crippen molar-refractivity contribution in [3.8, 4) is 0 Å². The highest BCUT2D eigenvalue weighted by molar-refractivity contribution is 9.10. The van der Waals surface area contributed by atoms with Crippen molar-refractivity contribution < 1.29 is 9.90 Å². The largest absolute Gasteiger partial charge is 0.481 e. The molecule has 2 atom stereocenters. The van der Waals surface area contributed by atoms with Gasteiger partial charge in [-0.15, -0.1) is 18.2 Å². The second kappa shape index (κ2) is 8.46. The molecule has 0 fully saturated rings. The molecule has 0 amide bonds. The molecule has 1 aromatic heterocycles. The summed E-state index contributed by atoms with van der Waals surface area (Å²) in [5.74, 6) is -0.741. The summed E-state index contributed by atoms with van der Waals surface area (Å²) in [6.45, 7) is 8.68. The highest BCUT2D eigenvalue weighted by Crippen LogP contribution is 2.46. The van der Waals surface area contributed by atoms with Gasteiger partial charge in [-0.05, 0) is 60.2 Å². The molecule has 0 bridgehead atoms. The Morgan fingerprint density at radius 2 is 2.25 bits per heavy atom. The van der Waals surface area contributed by atoms with Gasteiger partial charge in [0, 0.05) is 27.5 Å². The van der Waals surface area contributed by atoms with Gasteiger partial charge < -0.3 is 9.67 Å². The molecule has 1 N–H and O–H groups in total. The van der Waals surface area contributed by atoms with E-state index in [9.17, 15) is 9.90 Å². The number of nitrogens with zero attached hydrogens (tertiary/aromatic N) is 1. The van der Waals surface area contributed by atoms with E-state index in [4.69, 9.17) is 11.6 Å². The molecule has 1 aromatic carbocycles. The minimum atomic E-state index is -0.741. The molecule has 0 saturated carbocycles. The Hall–Kier alpha value is -1.52. The number of benzene rings is 1. The number of hydrogen-bond donors (Lipinski definition) is 1. The fourth-order valence-corrected chi connectivity index (χ4v) is 5.21. The van der Waals surface area contributed by atoms with Crippen LogP contribution in [-0.4, -0.2) is 21.0 Å². The molecule has 2 aromatic rings. The molecule has 1 heterocycles. The van der Waals surface area contributed by atoms with Crippen LogP contribution < -0.4 is 0 Å². The van der Waals surface area contributed by atoms with Gasteiger partial charge in [0.15, 0.2) is 0 Å². The highest BCUT2D eigenvalue weighted by Gasteiger charge is 2.39. The quantitative estimate of drug-likeness (QED) is 0.370. The number of aryl methyl sites for hydroxylation is 1. The van der Waals surface area contributed by atoms with Gasteiger partial charge in [-0.1, -0.05) is 36.8 Å². The Kier molecular flexibility index (Phi) is 6.41. The van der Waals surface area contributed by atoms with Crippen LogP contribution in [0.1, 0.15) is 50.8 Å². The molecule has 1 aliphatic rings. The zero-order chi connectivity index (χ0) is 20.5. The van der Waals surface area contributed by atoms with E-state index in [0.717, 1.165) is 42.2 Å². The first-order valence-electron chi connectivity index (χ1n) is 9.71. The lowest BCUT2D eigenvalue weighted by Gasteiger charge is -2.35. The third-order valence-electron chi connectivity index (χ3n) is 5.76. The lowest BCUT2D eigenvalue weighted by atomic mass is 9.72. The first-order chi connectivity index (χ1) is 13.3. The zero-order valence-corrected chi connectivity index (χ0v) is 18.8. The lowest BCUT2D eigenvalue weighted by Crippen LogP contribution is -2.33. The summed E-state index contributed by atoms with van der Waals surface area (Å²) in [7, 11) is 0. The van der Waals surface area contributed by atoms with Crippen molar-refractivity contribution in [1.29, 1.82) is 0 Å². The molecule has 2 unspecified atom stereocenters. The van der Waals surface area contributed by atoms with Crippen LogP contribution in [0.2, 0.25) is 0 Å². The number of halogens is 2. The van der Waals surface area contributed by atoms with Crippen LogP contribution in [0, 0.1) is 0 Å². The van der Waals surface area contributed by atoms with E-state index in [1.165, 1.54) is 22.2 Å². The van der Waals surface area contributed by atoms with Gasteiger partial charge in [-0.25, -0.2) is 0 Å². The maximum atomic E-state index is 11.7. The number of carboxylic acid groups (broad SMARTS) is 1. The molecule has 5 heteroatoms. The number of rotatable bonds is 7. The molecule has 150 valence electrons.